The fraction of sp³-hybridized carbons (Fsp3) is 0.636. The zero-order valence-electron chi connectivity index (χ0n) is 18.5. The zero-order valence-corrected chi connectivity index (χ0v) is 20.8. The lowest BCUT2D eigenvalue weighted by Gasteiger charge is -2.37. The van der Waals surface area contributed by atoms with Gasteiger partial charge in [-0.25, -0.2) is 0 Å². The summed E-state index contributed by atoms with van der Waals surface area (Å²) >= 11 is 0. The molecule has 1 amide bonds. The summed E-state index contributed by atoms with van der Waals surface area (Å²) < 4.78 is 5.56. The quantitative estimate of drug-likeness (QED) is 0.360. The summed E-state index contributed by atoms with van der Waals surface area (Å²) in [6.07, 6.45) is 0. The monoisotopic (exact) mass is 529 g/mol. The van der Waals surface area contributed by atoms with E-state index >= 15 is 0 Å². The minimum atomic E-state index is 0. The molecule has 2 heterocycles. The molecule has 0 saturated carbocycles. The molecule has 1 atom stereocenters. The van der Waals surface area contributed by atoms with Crippen LogP contribution in [-0.4, -0.2) is 92.1 Å². The molecule has 1 unspecified atom stereocenters. The first-order valence-electron chi connectivity index (χ1n) is 10.8. The van der Waals surface area contributed by atoms with E-state index in [9.17, 15) is 4.79 Å². The Labute approximate surface area is 197 Å². The zero-order chi connectivity index (χ0) is 20.6. The van der Waals surface area contributed by atoms with Crippen molar-refractivity contribution in [2.45, 2.75) is 26.8 Å². The van der Waals surface area contributed by atoms with Crippen LogP contribution < -0.4 is 5.32 Å². The Kier molecular flexibility index (Phi) is 10.3. The number of carbonyl (C=O) groups excluding carboxylic acids is 1. The van der Waals surface area contributed by atoms with Crippen LogP contribution in [0.1, 0.15) is 31.0 Å². The van der Waals surface area contributed by atoms with Crippen molar-refractivity contribution in [1.29, 1.82) is 0 Å². The van der Waals surface area contributed by atoms with Gasteiger partial charge in [-0.15, -0.1) is 24.0 Å². The Morgan fingerprint density at radius 2 is 1.67 bits per heavy atom. The standard InChI is InChI=1S/C22H35N5O2.HI/c1-4-23-22(27-11-9-25(10-12-27)19(3)28)24-17-21(26-13-15-29-16-14-26)20-7-5-18(2)6-8-20;/h5-8,21H,4,9-17H2,1-3H3,(H,23,24);1H. The van der Waals surface area contributed by atoms with Gasteiger partial charge in [0.2, 0.25) is 5.91 Å². The lowest BCUT2D eigenvalue weighted by Crippen LogP contribution is -2.53. The first kappa shape index (κ1) is 24.9. The van der Waals surface area contributed by atoms with Crippen LogP contribution >= 0.6 is 24.0 Å². The molecule has 2 saturated heterocycles. The maximum atomic E-state index is 11.6. The Morgan fingerprint density at radius 1 is 1.07 bits per heavy atom. The van der Waals surface area contributed by atoms with Crippen LogP contribution in [0.5, 0.6) is 0 Å². The van der Waals surface area contributed by atoms with Crippen molar-refractivity contribution in [3.8, 4) is 0 Å². The van der Waals surface area contributed by atoms with Gasteiger partial charge in [0.1, 0.15) is 0 Å². The summed E-state index contributed by atoms with van der Waals surface area (Å²) in [5, 5.41) is 3.44. The first-order chi connectivity index (χ1) is 14.1. The first-order valence-corrected chi connectivity index (χ1v) is 10.8. The number of nitrogens with one attached hydrogen (secondary N) is 1. The Hall–Kier alpha value is -1.39. The predicted molar refractivity (Wildman–Crippen MR) is 132 cm³/mol. The highest BCUT2D eigenvalue weighted by Crippen LogP contribution is 2.23. The Balaban J connectivity index is 0.00000320. The molecule has 0 aliphatic carbocycles. The number of benzene rings is 1. The molecule has 7 nitrogen and oxygen atoms in total. The van der Waals surface area contributed by atoms with E-state index in [4.69, 9.17) is 9.73 Å². The molecule has 0 bridgehead atoms. The Bertz CT molecular complexity index is 683. The number of amides is 1. The minimum absolute atomic E-state index is 0. The highest BCUT2D eigenvalue weighted by atomic mass is 127. The normalized spacial score (nSPS) is 19.2. The van der Waals surface area contributed by atoms with Crippen LogP contribution in [0.2, 0.25) is 0 Å². The maximum absolute atomic E-state index is 11.6. The van der Waals surface area contributed by atoms with Crippen molar-refractivity contribution in [2.24, 2.45) is 4.99 Å². The lowest BCUT2D eigenvalue weighted by atomic mass is 10.0. The minimum Gasteiger partial charge on any atom is -0.379 e. The van der Waals surface area contributed by atoms with Crippen molar-refractivity contribution in [3.63, 3.8) is 0 Å². The molecule has 168 valence electrons. The number of hydrogen-bond acceptors (Lipinski definition) is 4. The van der Waals surface area contributed by atoms with E-state index in [0.29, 0.717) is 6.54 Å². The number of halogens is 1. The summed E-state index contributed by atoms with van der Waals surface area (Å²) in [4.78, 5) is 23.3. The van der Waals surface area contributed by atoms with Gasteiger partial charge in [0.15, 0.2) is 5.96 Å². The van der Waals surface area contributed by atoms with E-state index in [1.54, 1.807) is 6.92 Å². The van der Waals surface area contributed by atoms with Gasteiger partial charge >= 0.3 is 0 Å². The number of piperazine rings is 1. The molecule has 1 aromatic rings. The van der Waals surface area contributed by atoms with Crippen LogP contribution in [0.4, 0.5) is 0 Å². The van der Waals surface area contributed by atoms with E-state index < -0.39 is 0 Å². The average Bonchev–Trinajstić information content (AvgIpc) is 2.75. The van der Waals surface area contributed by atoms with Gasteiger partial charge in [0.25, 0.3) is 0 Å². The van der Waals surface area contributed by atoms with Gasteiger partial charge in [0, 0.05) is 52.7 Å². The smallest absolute Gasteiger partial charge is 0.219 e. The van der Waals surface area contributed by atoms with Crippen LogP contribution in [0.3, 0.4) is 0 Å². The summed E-state index contributed by atoms with van der Waals surface area (Å²) in [5.41, 5.74) is 2.58. The molecule has 0 spiro atoms. The molecule has 1 aromatic carbocycles. The van der Waals surface area contributed by atoms with Crippen LogP contribution in [0.15, 0.2) is 29.3 Å². The SMILES string of the molecule is CCNC(=NCC(c1ccc(C)cc1)N1CCOCC1)N1CCN(C(C)=O)CC1.I. The second kappa shape index (κ2) is 12.5. The second-order valence-corrected chi connectivity index (χ2v) is 7.76. The highest BCUT2D eigenvalue weighted by molar-refractivity contribution is 14.0. The molecular weight excluding hydrogens is 493 g/mol. The van der Waals surface area contributed by atoms with Crippen LogP contribution in [0, 0.1) is 6.92 Å². The summed E-state index contributed by atoms with van der Waals surface area (Å²) in [6, 6.07) is 9.05. The number of morpholine rings is 1. The molecule has 3 rings (SSSR count). The summed E-state index contributed by atoms with van der Waals surface area (Å²) in [6.45, 7) is 14.0. The van der Waals surface area contributed by atoms with Gasteiger partial charge in [-0.1, -0.05) is 29.8 Å². The number of aliphatic imine (C=N–C) groups is 1. The largest absolute Gasteiger partial charge is 0.379 e. The topological polar surface area (TPSA) is 60.4 Å². The predicted octanol–water partition coefficient (Wildman–Crippen LogP) is 2.12. The van der Waals surface area contributed by atoms with Crippen molar-refractivity contribution in [3.05, 3.63) is 35.4 Å². The second-order valence-electron chi connectivity index (χ2n) is 7.76. The van der Waals surface area contributed by atoms with Gasteiger partial charge in [-0.2, -0.15) is 0 Å². The molecule has 2 fully saturated rings. The Morgan fingerprint density at radius 3 is 2.23 bits per heavy atom. The van der Waals surface area contributed by atoms with Crippen molar-refractivity contribution in [2.75, 3.05) is 65.6 Å². The van der Waals surface area contributed by atoms with Gasteiger partial charge in [-0.05, 0) is 19.4 Å². The highest BCUT2D eigenvalue weighted by Gasteiger charge is 2.24. The van der Waals surface area contributed by atoms with Crippen LogP contribution in [-0.2, 0) is 9.53 Å². The van der Waals surface area contributed by atoms with Gasteiger partial charge in [-0.3, -0.25) is 14.7 Å². The third kappa shape index (κ3) is 6.81. The number of ether oxygens (including phenoxy) is 1. The number of guanidine groups is 1. The molecule has 0 radical (unpaired) electrons. The number of nitrogens with zero attached hydrogens (tertiary/aromatic N) is 4. The lowest BCUT2D eigenvalue weighted by molar-refractivity contribution is -0.130. The van der Waals surface area contributed by atoms with E-state index in [2.05, 4.69) is 53.2 Å². The van der Waals surface area contributed by atoms with E-state index in [1.807, 2.05) is 4.90 Å². The van der Waals surface area contributed by atoms with Crippen molar-refractivity contribution < 1.29 is 9.53 Å². The van der Waals surface area contributed by atoms with E-state index in [-0.39, 0.29) is 35.9 Å². The summed E-state index contributed by atoms with van der Waals surface area (Å²) in [7, 11) is 0. The maximum Gasteiger partial charge on any atom is 0.219 e. The van der Waals surface area contributed by atoms with Crippen molar-refractivity contribution >= 4 is 35.8 Å². The third-order valence-electron chi connectivity index (χ3n) is 5.72. The molecular formula is C22H36IN5O2. The van der Waals surface area contributed by atoms with Gasteiger partial charge in [0.05, 0.1) is 25.8 Å². The number of rotatable bonds is 5. The molecule has 2 aliphatic rings. The van der Waals surface area contributed by atoms with E-state index in [1.165, 1.54) is 11.1 Å². The average molecular weight is 529 g/mol. The number of aryl methyl sites for hydroxylation is 1. The summed E-state index contributed by atoms with van der Waals surface area (Å²) in [5.74, 6) is 1.10. The van der Waals surface area contributed by atoms with Crippen molar-refractivity contribution in [1.82, 2.24) is 20.0 Å². The van der Waals surface area contributed by atoms with Gasteiger partial charge < -0.3 is 19.9 Å². The molecule has 8 heteroatoms. The number of hydrogen-bond donors (Lipinski definition) is 1. The molecule has 30 heavy (non-hydrogen) atoms. The molecule has 0 aromatic heterocycles. The molecule has 1 N–H and O–H groups in total. The third-order valence-corrected chi connectivity index (χ3v) is 5.72. The van der Waals surface area contributed by atoms with E-state index in [0.717, 1.165) is 65.0 Å². The fourth-order valence-corrected chi connectivity index (χ4v) is 3.94. The fourth-order valence-electron chi connectivity index (χ4n) is 3.94. The van der Waals surface area contributed by atoms with Crippen LogP contribution in [0.25, 0.3) is 0 Å². The molecule has 2 aliphatic heterocycles. The number of carbonyl (C=O) groups is 1.